The van der Waals surface area contributed by atoms with Crippen LogP contribution in [0.5, 0.6) is 0 Å². The molecule has 98 valence electrons. The molecule has 0 atom stereocenters. The molecule has 0 unspecified atom stereocenters. The largest absolute Gasteiger partial charge is 0.367 e. The van der Waals surface area contributed by atoms with E-state index in [0.717, 1.165) is 25.7 Å². The molecule has 0 bridgehead atoms. The third kappa shape index (κ3) is 2.90. The molecule has 2 saturated carbocycles. The summed E-state index contributed by atoms with van der Waals surface area (Å²) >= 11 is 0. The van der Waals surface area contributed by atoms with Crippen molar-refractivity contribution in [2.24, 2.45) is 5.92 Å². The number of ether oxygens (including phenoxy) is 1. The van der Waals surface area contributed by atoms with Gasteiger partial charge in [0.1, 0.15) is 5.60 Å². The molecule has 0 aromatic heterocycles. The summed E-state index contributed by atoms with van der Waals surface area (Å²) in [5.41, 5.74) is -0.403. The second kappa shape index (κ2) is 5.99. The minimum absolute atomic E-state index is 0.305. The van der Waals surface area contributed by atoms with Gasteiger partial charge in [-0.15, -0.1) is 0 Å². The average molecular weight is 238 g/mol. The van der Waals surface area contributed by atoms with Crippen molar-refractivity contribution in [3.8, 4) is 0 Å². The lowest BCUT2D eigenvalue weighted by Gasteiger charge is -2.33. The first-order valence-electron chi connectivity index (χ1n) is 7.47. The predicted molar refractivity (Wildman–Crippen MR) is 69.0 cm³/mol. The molecule has 0 spiro atoms. The summed E-state index contributed by atoms with van der Waals surface area (Å²) < 4.78 is 5.98. The van der Waals surface area contributed by atoms with Crippen LogP contribution in [0.15, 0.2) is 0 Å². The lowest BCUT2D eigenvalue weighted by molar-refractivity contribution is -0.150. The van der Waals surface area contributed by atoms with Crippen LogP contribution in [-0.2, 0) is 9.53 Å². The first-order valence-corrected chi connectivity index (χ1v) is 7.47. The number of carbonyl (C=O) groups excluding carboxylic acids is 1. The van der Waals surface area contributed by atoms with Crippen molar-refractivity contribution in [1.82, 2.24) is 0 Å². The molecule has 2 heteroatoms. The maximum Gasteiger partial charge on any atom is 0.167 e. The zero-order valence-corrected chi connectivity index (χ0v) is 11.2. The quantitative estimate of drug-likeness (QED) is 0.695. The Kier molecular flexibility index (Phi) is 4.61. The van der Waals surface area contributed by atoms with Gasteiger partial charge in [-0.1, -0.05) is 38.5 Å². The van der Waals surface area contributed by atoms with Crippen molar-refractivity contribution in [2.45, 2.75) is 76.7 Å². The SMILES string of the molecule is CCOC1(C(=O)C2CCCC2)CCCCCC1. The molecule has 0 N–H and O–H groups in total. The van der Waals surface area contributed by atoms with E-state index < -0.39 is 5.60 Å². The molecule has 2 nitrogen and oxygen atoms in total. The Hall–Kier alpha value is -0.370. The van der Waals surface area contributed by atoms with E-state index in [1.165, 1.54) is 38.5 Å². The molecule has 0 saturated heterocycles. The van der Waals surface area contributed by atoms with E-state index >= 15 is 0 Å². The fourth-order valence-corrected chi connectivity index (χ4v) is 3.60. The van der Waals surface area contributed by atoms with Gasteiger partial charge in [-0.2, -0.15) is 0 Å². The Balaban J connectivity index is 2.10. The van der Waals surface area contributed by atoms with Gasteiger partial charge in [-0.05, 0) is 32.6 Å². The minimum Gasteiger partial charge on any atom is -0.367 e. The first kappa shape index (κ1) is 13.1. The van der Waals surface area contributed by atoms with Gasteiger partial charge in [0.15, 0.2) is 5.78 Å². The molecule has 2 rings (SSSR count). The summed E-state index contributed by atoms with van der Waals surface area (Å²) in [6, 6.07) is 0. The number of ketones is 1. The number of hydrogen-bond donors (Lipinski definition) is 0. The zero-order chi connectivity index (χ0) is 12.1. The van der Waals surface area contributed by atoms with E-state index in [9.17, 15) is 4.79 Å². The molecule has 2 fully saturated rings. The average Bonchev–Trinajstić information content (AvgIpc) is 2.76. The molecule has 0 aromatic carbocycles. The Morgan fingerprint density at radius 2 is 1.65 bits per heavy atom. The van der Waals surface area contributed by atoms with Crippen LogP contribution >= 0.6 is 0 Å². The van der Waals surface area contributed by atoms with E-state index in [0.29, 0.717) is 18.3 Å². The Morgan fingerprint density at radius 1 is 1.06 bits per heavy atom. The lowest BCUT2D eigenvalue weighted by Crippen LogP contribution is -2.44. The van der Waals surface area contributed by atoms with E-state index in [1.54, 1.807) is 0 Å². The predicted octanol–water partition coefficient (Wildman–Crippen LogP) is 3.88. The van der Waals surface area contributed by atoms with Crippen LogP contribution in [0.3, 0.4) is 0 Å². The van der Waals surface area contributed by atoms with Gasteiger partial charge < -0.3 is 4.74 Å². The van der Waals surface area contributed by atoms with Crippen LogP contribution in [0.2, 0.25) is 0 Å². The van der Waals surface area contributed by atoms with Crippen molar-refractivity contribution in [1.29, 1.82) is 0 Å². The maximum absolute atomic E-state index is 12.7. The highest BCUT2D eigenvalue weighted by atomic mass is 16.5. The lowest BCUT2D eigenvalue weighted by atomic mass is 9.82. The van der Waals surface area contributed by atoms with Gasteiger partial charge in [0.2, 0.25) is 0 Å². The van der Waals surface area contributed by atoms with Crippen molar-refractivity contribution in [3.05, 3.63) is 0 Å². The van der Waals surface area contributed by atoms with E-state index in [-0.39, 0.29) is 0 Å². The molecular formula is C15H26O2. The monoisotopic (exact) mass is 238 g/mol. The topological polar surface area (TPSA) is 26.3 Å². The molecular weight excluding hydrogens is 212 g/mol. The van der Waals surface area contributed by atoms with Crippen LogP contribution in [0.25, 0.3) is 0 Å². The zero-order valence-electron chi connectivity index (χ0n) is 11.2. The molecule has 17 heavy (non-hydrogen) atoms. The van der Waals surface area contributed by atoms with Crippen LogP contribution in [0.1, 0.15) is 71.1 Å². The van der Waals surface area contributed by atoms with Gasteiger partial charge in [0.25, 0.3) is 0 Å². The highest BCUT2D eigenvalue weighted by molar-refractivity contribution is 5.89. The van der Waals surface area contributed by atoms with Gasteiger partial charge in [-0.3, -0.25) is 4.79 Å². The normalized spacial score (nSPS) is 25.7. The van der Waals surface area contributed by atoms with Crippen molar-refractivity contribution in [3.63, 3.8) is 0 Å². The second-order valence-electron chi connectivity index (χ2n) is 5.69. The molecule has 0 heterocycles. The number of hydrogen-bond acceptors (Lipinski definition) is 2. The van der Waals surface area contributed by atoms with Crippen LogP contribution in [0.4, 0.5) is 0 Å². The Morgan fingerprint density at radius 3 is 2.18 bits per heavy atom. The van der Waals surface area contributed by atoms with E-state index in [2.05, 4.69) is 0 Å². The number of Topliss-reactive ketones (excluding diaryl/α,β-unsaturated/α-hetero) is 1. The Bertz CT molecular complexity index is 246. The summed E-state index contributed by atoms with van der Waals surface area (Å²) in [5.74, 6) is 0.749. The Labute approximate surface area is 105 Å². The maximum atomic E-state index is 12.7. The molecule has 0 radical (unpaired) electrons. The number of carbonyl (C=O) groups is 1. The minimum atomic E-state index is -0.403. The van der Waals surface area contributed by atoms with Gasteiger partial charge in [0.05, 0.1) is 0 Å². The van der Waals surface area contributed by atoms with E-state index in [4.69, 9.17) is 4.74 Å². The van der Waals surface area contributed by atoms with Crippen molar-refractivity contribution < 1.29 is 9.53 Å². The van der Waals surface area contributed by atoms with Crippen molar-refractivity contribution in [2.75, 3.05) is 6.61 Å². The molecule has 2 aliphatic rings. The fraction of sp³-hybridized carbons (Fsp3) is 0.933. The van der Waals surface area contributed by atoms with Gasteiger partial charge >= 0.3 is 0 Å². The third-order valence-corrected chi connectivity index (χ3v) is 4.51. The molecule has 0 aromatic rings. The van der Waals surface area contributed by atoms with Gasteiger partial charge in [-0.25, -0.2) is 0 Å². The summed E-state index contributed by atoms with van der Waals surface area (Å²) in [4.78, 5) is 12.7. The van der Waals surface area contributed by atoms with Crippen LogP contribution in [0, 0.1) is 5.92 Å². The smallest absolute Gasteiger partial charge is 0.167 e. The summed E-state index contributed by atoms with van der Waals surface area (Å²) in [6.07, 6.45) is 11.5. The highest BCUT2D eigenvalue weighted by Crippen LogP contribution is 2.37. The summed E-state index contributed by atoms with van der Waals surface area (Å²) in [5, 5.41) is 0. The molecule has 0 amide bonds. The van der Waals surface area contributed by atoms with Crippen LogP contribution < -0.4 is 0 Å². The van der Waals surface area contributed by atoms with Gasteiger partial charge in [0, 0.05) is 12.5 Å². The summed E-state index contributed by atoms with van der Waals surface area (Å²) in [7, 11) is 0. The summed E-state index contributed by atoms with van der Waals surface area (Å²) in [6.45, 7) is 2.70. The highest BCUT2D eigenvalue weighted by Gasteiger charge is 2.43. The molecule has 2 aliphatic carbocycles. The van der Waals surface area contributed by atoms with Crippen LogP contribution in [-0.4, -0.2) is 18.0 Å². The third-order valence-electron chi connectivity index (χ3n) is 4.51. The molecule has 0 aliphatic heterocycles. The number of rotatable bonds is 4. The van der Waals surface area contributed by atoms with E-state index in [1.807, 2.05) is 6.92 Å². The van der Waals surface area contributed by atoms with Crippen molar-refractivity contribution >= 4 is 5.78 Å². The first-order chi connectivity index (χ1) is 8.28. The second-order valence-corrected chi connectivity index (χ2v) is 5.69. The fourth-order valence-electron chi connectivity index (χ4n) is 3.60. The standard InChI is InChI=1S/C15H26O2/c1-2-17-15(11-7-3-4-8-12-15)14(16)13-9-5-6-10-13/h13H,2-12H2,1H3.